The third-order valence-electron chi connectivity index (χ3n) is 2.41. The summed E-state index contributed by atoms with van der Waals surface area (Å²) in [4.78, 5) is 11.7. The number of nitrogens with two attached hydrogens (primary N) is 1. The molecule has 0 saturated heterocycles. The molecule has 0 aliphatic carbocycles. The molecule has 0 bridgehead atoms. The fraction of sp³-hybridized carbons (Fsp3) is 0.533. The van der Waals surface area contributed by atoms with Crippen LogP contribution in [-0.2, 0) is 9.53 Å². The van der Waals surface area contributed by atoms with Gasteiger partial charge in [0, 0.05) is 11.3 Å². The number of hydrogen-bond acceptors (Lipinski definition) is 4. The maximum atomic E-state index is 11.7. The number of rotatable bonds is 5. The van der Waals surface area contributed by atoms with Gasteiger partial charge in [-0.1, -0.05) is 30.3 Å². The van der Waals surface area contributed by atoms with Crippen LogP contribution >= 0.6 is 11.8 Å². The number of thioether (sulfide) groups is 1. The molecule has 0 spiro atoms. The Balaban J connectivity index is 2.59. The molecule has 1 aromatic carbocycles. The third kappa shape index (κ3) is 6.12. The van der Waals surface area contributed by atoms with Crippen LogP contribution in [0.5, 0.6) is 0 Å². The lowest BCUT2D eigenvalue weighted by atomic mass is 10.1. The van der Waals surface area contributed by atoms with Crippen molar-refractivity contribution in [3.63, 3.8) is 0 Å². The summed E-state index contributed by atoms with van der Waals surface area (Å²) in [6.07, 6.45) is 0. The van der Waals surface area contributed by atoms with Crippen molar-refractivity contribution in [3.05, 3.63) is 35.9 Å². The molecule has 0 amide bonds. The Morgan fingerprint density at radius 3 is 2.37 bits per heavy atom. The molecule has 0 saturated carbocycles. The summed E-state index contributed by atoms with van der Waals surface area (Å²) >= 11 is 1.53. The van der Waals surface area contributed by atoms with Crippen molar-refractivity contribution in [3.8, 4) is 0 Å². The maximum Gasteiger partial charge on any atom is 0.316 e. The van der Waals surface area contributed by atoms with Gasteiger partial charge >= 0.3 is 5.97 Å². The molecular weight excluding hydrogens is 258 g/mol. The van der Waals surface area contributed by atoms with Crippen molar-refractivity contribution in [2.75, 3.05) is 5.75 Å². The maximum absolute atomic E-state index is 11.7. The van der Waals surface area contributed by atoms with E-state index in [0.717, 1.165) is 5.56 Å². The van der Waals surface area contributed by atoms with Crippen molar-refractivity contribution in [1.82, 2.24) is 0 Å². The molecule has 0 heterocycles. The van der Waals surface area contributed by atoms with Crippen LogP contribution in [0.15, 0.2) is 30.3 Å². The lowest BCUT2D eigenvalue weighted by Gasteiger charge is -2.23. The topological polar surface area (TPSA) is 52.3 Å². The van der Waals surface area contributed by atoms with Crippen LogP contribution in [0.25, 0.3) is 0 Å². The fourth-order valence-electron chi connectivity index (χ4n) is 1.72. The van der Waals surface area contributed by atoms with Gasteiger partial charge in [-0.2, -0.15) is 0 Å². The normalized spacial score (nSPS) is 14.8. The second-order valence-electron chi connectivity index (χ2n) is 5.59. The number of ether oxygens (including phenoxy) is 1. The lowest BCUT2D eigenvalue weighted by molar-refractivity contribution is -0.151. The minimum atomic E-state index is -0.436. The minimum Gasteiger partial charge on any atom is -0.459 e. The summed E-state index contributed by atoms with van der Waals surface area (Å²) in [6.45, 7) is 7.57. The summed E-state index contributed by atoms with van der Waals surface area (Å²) in [5.74, 6) is 0.123. The van der Waals surface area contributed by atoms with Crippen LogP contribution in [-0.4, -0.2) is 23.4 Å². The Hall–Kier alpha value is -1.00. The predicted octanol–water partition coefficient (Wildman–Crippen LogP) is 3.15. The van der Waals surface area contributed by atoms with Crippen LogP contribution < -0.4 is 5.73 Å². The zero-order valence-electron chi connectivity index (χ0n) is 12.1. The van der Waals surface area contributed by atoms with Crippen LogP contribution in [0, 0.1) is 0 Å². The molecular formula is C15H23NO2S. The molecule has 2 unspecified atom stereocenters. The molecule has 0 aliphatic heterocycles. The van der Waals surface area contributed by atoms with E-state index in [-0.39, 0.29) is 17.3 Å². The zero-order valence-corrected chi connectivity index (χ0v) is 12.9. The molecule has 0 radical (unpaired) electrons. The van der Waals surface area contributed by atoms with Gasteiger partial charge in [-0.05, 0) is 33.3 Å². The van der Waals surface area contributed by atoms with Gasteiger partial charge in [-0.15, -0.1) is 11.8 Å². The van der Waals surface area contributed by atoms with Gasteiger partial charge in [0.2, 0.25) is 0 Å². The average Bonchev–Trinajstić information content (AvgIpc) is 2.27. The molecule has 2 N–H and O–H groups in total. The zero-order chi connectivity index (χ0) is 14.5. The Morgan fingerprint density at radius 1 is 1.32 bits per heavy atom. The van der Waals surface area contributed by atoms with Crippen molar-refractivity contribution < 1.29 is 9.53 Å². The Labute approximate surface area is 119 Å². The fourth-order valence-corrected chi connectivity index (χ4v) is 2.75. The SMILES string of the molecule is CC(N)C(SCC(=O)OC(C)(C)C)c1ccccc1. The minimum absolute atomic E-state index is 0.0187. The number of carbonyl (C=O) groups excluding carboxylic acids is 1. The van der Waals surface area contributed by atoms with Gasteiger partial charge in [0.1, 0.15) is 5.60 Å². The van der Waals surface area contributed by atoms with Gasteiger partial charge in [-0.25, -0.2) is 0 Å². The summed E-state index contributed by atoms with van der Waals surface area (Å²) in [5, 5.41) is 0.105. The number of benzene rings is 1. The number of hydrogen-bond donors (Lipinski definition) is 1. The van der Waals surface area contributed by atoms with E-state index in [4.69, 9.17) is 10.5 Å². The molecule has 0 aliphatic rings. The van der Waals surface area contributed by atoms with E-state index in [1.807, 2.05) is 58.0 Å². The molecule has 19 heavy (non-hydrogen) atoms. The molecule has 0 fully saturated rings. The first kappa shape index (κ1) is 16.1. The average molecular weight is 281 g/mol. The van der Waals surface area contributed by atoms with Gasteiger partial charge in [0.15, 0.2) is 0 Å². The summed E-state index contributed by atoms with van der Waals surface area (Å²) < 4.78 is 5.30. The van der Waals surface area contributed by atoms with E-state index < -0.39 is 5.60 Å². The first-order valence-corrected chi connectivity index (χ1v) is 7.48. The van der Waals surface area contributed by atoms with Crippen molar-refractivity contribution >= 4 is 17.7 Å². The van der Waals surface area contributed by atoms with E-state index in [1.54, 1.807) is 0 Å². The standard InChI is InChI=1S/C15H23NO2S/c1-11(16)14(12-8-6-5-7-9-12)19-10-13(17)18-15(2,3)4/h5-9,11,14H,10,16H2,1-4H3. The van der Waals surface area contributed by atoms with Crippen molar-refractivity contribution in [1.29, 1.82) is 0 Å². The highest BCUT2D eigenvalue weighted by atomic mass is 32.2. The van der Waals surface area contributed by atoms with Crippen LogP contribution in [0.1, 0.15) is 38.5 Å². The molecule has 3 nitrogen and oxygen atoms in total. The first-order valence-electron chi connectivity index (χ1n) is 6.43. The molecule has 1 aromatic rings. The first-order chi connectivity index (χ1) is 8.79. The van der Waals surface area contributed by atoms with Gasteiger partial charge < -0.3 is 10.5 Å². The van der Waals surface area contributed by atoms with E-state index >= 15 is 0 Å². The quantitative estimate of drug-likeness (QED) is 0.842. The molecule has 2 atom stereocenters. The van der Waals surface area contributed by atoms with Gasteiger partial charge in [0.25, 0.3) is 0 Å². The predicted molar refractivity (Wildman–Crippen MR) is 81.1 cm³/mol. The molecule has 0 aromatic heterocycles. The summed E-state index contributed by atoms with van der Waals surface area (Å²) in [6, 6.07) is 10.00. The van der Waals surface area contributed by atoms with Crippen LogP contribution in [0.4, 0.5) is 0 Å². The van der Waals surface area contributed by atoms with E-state index in [2.05, 4.69) is 0 Å². The van der Waals surface area contributed by atoms with E-state index in [0.29, 0.717) is 5.75 Å². The van der Waals surface area contributed by atoms with E-state index in [9.17, 15) is 4.79 Å². The summed E-state index contributed by atoms with van der Waals surface area (Å²) in [5.41, 5.74) is 6.72. The highest BCUT2D eigenvalue weighted by Crippen LogP contribution is 2.31. The Morgan fingerprint density at radius 2 is 1.89 bits per heavy atom. The third-order valence-corrected chi connectivity index (χ3v) is 3.87. The van der Waals surface area contributed by atoms with Crippen molar-refractivity contribution in [2.24, 2.45) is 5.73 Å². The number of carbonyl (C=O) groups is 1. The van der Waals surface area contributed by atoms with Gasteiger partial charge in [-0.3, -0.25) is 4.79 Å². The molecule has 106 valence electrons. The second kappa shape index (κ2) is 6.96. The smallest absolute Gasteiger partial charge is 0.316 e. The van der Waals surface area contributed by atoms with E-state index in [1.165, 1.54) is 11.8 Å². The van der Waals surface area contributed by atoms with Crippen LogP contribution in [0.2, 0.25) is 0 Å². The second-order valence-corrected chi connectivity index (χ2v) is 6.72. The summed E-state index contributed by atoms with van der Waals surface area (Å²) in [7, 11) is 0. The molecule has 1 rings (SSSR count). The highest BCUT2D eigenvalue weighted by Gasteiger charge is 2.21. The monoisotopic (exact) mass is 281 g/mol. The highest BCUT2D eigenvalue weighted by molar-refractivity contribution is 8.00. The van der Waals surface area contributed by atoms with Gasteiger partial charge in [0.05, 0.1) is 5.75 Å². The van der Waals surface area contributed by atoms with Crippen molar-refractivity contribution in [2.45, 2.75) is 44.6 Å². The lowest BCUT2D eigenvalue weighted by Crippen LogP contribution is -2.27. The number of esters is 1. The Kier molecular flexibility index (Phi) is 5.88. The largest absolute Gasteiger partial charge is 0.459 e. The molecule has 4 heteroatoms. The Bertz CT molecular complexity index is 398. The van der Waals surface area contributed by atoms with Crippen LogP contribution in [0.3, 0.4) is 0 Å².